The number of benzene rings is 2. The zero-order valence-corrected chi connectivity index (χ0v) is 19.2. The largest absolute Gasteiger partial charge is 0.346 e. The number of carbonyl (C=O) groups is 1. The van der Waals surface area contributed by atoms with Crippen LogP contribution < -0.4 is 10.2 Å². The minimum absolute atomic E-state index is 0.106. The molecule has 0 atom stereocenters. The Balaban J connectivity index is 1.47. The summed E-state index contributed by atoms with van der Waals surface area (Å²) in [6.07, 6.45) is 0. The number of para-hydroxylation sites is 1. The molecule has 1 heterocycles. The molecule has 0 bridgehead atoms. The first kappa shape index (κ1) is 22.2. The van der Waals surface area contributed by atoms with Crippen molar-refractivity contribution in [3.63, 3.8) is 0 Å². The van der Waals surface area contributed by atoms with Gasteiger partial charge < -0.3 is 15.1 Å². The summed E-state index contributed by atoms with van der Waals surface area (Å²) in [7, 11) is 1.83. The van der Waals surface area contributed by atoms with E-state index in [1.165, 1.54) is 5.56 Å². The second kappa shape index (κ2) is 9.58. The van der Waals surface area contributed by atoms with Gasteiger partial charge in [-0.3, -0.25) is 9.69 Å². The summed E-state index contributed by atoms with van der Waals surface area (Å²) < 4.78 is 0. The number of nitrogens with zero attached hydrogens (tertiary/aromatic N) is 3. The van der Waals surface area contributed by atoms with Gasteiger partial charge >= 0.3 is 0 Å². The van der Waals surface area contributed by atoms with Crippen molar-refractivity contribution in [1.82, 2.24) is 9.80 Å². The van der Waals surface area contributed by atoms with Crippen molar-refractivity contribution >= 4 is 34.6 Å². The summed E-state index contributed by atoms with van der Waals surface area (Å²) in [4.78, 5) is 18.7. The molecule has 0 aromatic heterocycles. The minimum atomic E-state index is 0.106. The summed E-state index contributed by atoms with van der Waals surface area (Å²) in [5, 5.41) is 4.09. The van der Waals surface area contributed by atoms with Gasteiger partial charge in [-0.25, -0.2) is 0 Å². The highest BCUT2D eigenvalue weighted by molar-refractivity contribution is 7.80. The maximum atomic E-state index is 12.6. The second-order valence-corrected chi connectivity index (χ2v) is 9.20. The van der Waals surface area contributed by atoms with E-state index in [2.05, 4.69) is 60.2 Å². The smallest absolute Gasteiger partial charge is 0.240 e. The third kappa shape index (κ3) is 5.80. The minimum Gasteiger partial charge on any atom is -0.346 e. The van der Waals surface area contributed by atoms with Crippen LogP contribution in [0.1, 0.15) is 26.3 Å². The van der Waals surface area contributed by atoms with Crippen molar-refractivity contribution in [1.29, 1.82) is 0 Å². The number of carbonyl (C=O) groups excluding carboxylic acids is 1. The van der Waals surface area contributed by atoms with Crippen LogP contribution in [0.15, 0.2) is 54.6 Å². The zero-order valence-electron chi connectivity index (χ0n) is 18.4. The van der Waals surface area contributed by atoms with Gasteiger partial charge in [-0.1, -0.05) is 51.1 Å². The lowest BCUT2D eigenvalue weighted by molar-refractivity contribution is -0.119. The Labute approximate surface area is 185 Å². The normalized spacial score (nSPS) is 15.0. The molecule has 1 N–H and O–H groups in total. The molecular weight excluding hydrogens is 392 g/mol. The summed E-state index contributed by atoms with van der Waals surface area (Å²) in [5.74, 6) is 0.106. The third-order valence-electron chi connectivity index (χ3n) is 5.54. The molecule has 0 spiro atoms. The topological polar surface area (TPSA) is 38.8 Å². The van der Waals surface area contributed by atoms with E-state index >= 15 is 0 Å². The van der Waals surface area contributed by atoms with Crippen molar-refractivity contribution in [3.05, 3.63) is 60.2 Å². The Morgan fingerprint density at radius 1 is 1.00 bits per heavy atom. The molecule has 3 rings (SSSR count). The van der Waals surface area contributed by atoms with Gasteiger partial charge in [-0.05, 0) is 47.5 Å². The highest BCUT2D eigenvalue weighted by atomic mass is 32.1. The number of piperazine rings is 1. The van der Waals surface area contributed by atoms with Crippen molar-refractivity contribution in [2.45, 2.75) is 26.2 Å². The van der Waals surface area contributed by atoms with Gasteiger partial charge in [-0.15, -0.1) is 0 Å². The molecule has 1 aliphatic heterocycles. The highest BCUT2D eigenvalue weighted by Crippen LogP contribution is 2.23. The molecule has 0 radical (unpaired) electrons. The first-order valence-electron chi connectivity index (χ1n) is 10.4. The van der Waals surface area contributed by atoms with Gasteiger partial charge in [0, 0.05) is 44.6 Å². The Kier molecular flexibility index (Phi) is 7.10. The lowest BCUT2D eigenvalue weighted by Gasteiger charge is -2.36. The first-order chi connectivity index (χ1) is 14.2. The lowest BCUT2D eigenvalue weighted by atomic mass is 9.87. The lowest BCUT2D eigenvalue weighted by Crippen LogP contribution is -2.52. The van der Waals surface area contributed by atoms with Gasteiger partial charge in [0.25, 0.3) is 0 Å². The molecule has 1 fully saturated rings. The van der Waals surface area contributed by atoms with Gasteiger partial charge in [0.05, 0.1) is 6.54 Å². The van der Waals surface area contributed by atoms with E-state index in [1.807, 2.05) is 37.4 Å². The van der Waals surface area contributed by atoms with Gasteiger partial charge in [-0.2, -0.15) is 0 Å². The molecule has 0 saturated carbocycles. The molecule has 5 nitrogen and oxygen atoms in total. The van der Waals surface area contributed by atoms with Gasteiger partial charge in [0.2, 0.25) is 5.91 Å². The van der Waals surface area contributed by atoms with Crippen LogP contribution in [0.5, 0.6) is 0 Å². The fourth-order valence-electron chi connectivity index (χ4n) is 3.46. The van der Waals surface area contributed by atoms with Crippen molar-refractivity contribution in [2.24, 2.45) is 0 Å². The second-order valence-electron chi connectivity index (χ2n) is 8.81. The average Bonchev–Trinajstić information content (AvgIpc) is 2.74. The summed E-state index contributed by atoms with van der Waals surface area (Å²) >= 11 is 5.62. The Morgan fingerprint density at radius 3 is 2.17 bits per heavy atom. The first-order valence-corrected chi connectivity index (χ1v) is 10.9. The van der Waals surface area contributed by atoms with Crippen LogP contribution in [-0.4, -0.2) is 60.6 Å². The third-order valence-corrected chi connectivity index (χ3v) is 5.90. The van der Waals surface area contributed by atoms with Crippen LogP contribution in [0, 0.1) is 0 Å². The number of rotatable bonds is 4. The molecule has 6 heteroatoms. The standard InChI is InChI=1S/C24H32N4OS/c1-24(2,3)19-10-12-20(13-11-19)25-23(30)28-16-14-27(15-17-28)18-22(29)26(4)21-8-6-5-7-9-21/h5-13H,14-18H2,1-4H3,(H,25,30). The fraction of sp³-hybridized carbons (Fsp3) is 0.417. The number of anilines is 2. The van der Waals surface area contributed by atoms with E-state index in [9.17, 15) is 4.79 Å². The van der Waals surface area contributed by atoms with Crippen LogP contribution in [0.2, 0.25) is 0 Å². The zero-order chi connectivity index (χ0) is 21.7. The van der Waals surface area contributed by atoms with Crippen molar-refractivity contribution in [2.75, 3.05) is 50.0 Å². The van der Waals surface area contributed by atoms with E-state index in [1.54, 1.807) is 4.90 Å². The van der Waals surface area contributed by atoms with Crippen LogP contribution in [0.3, 0.4) is 0 Å². The quantitative estimate of drug-likeness (QED) is 0.752. The van der Waals surface area contributed by atoms with Gasteiger partial charge in [0.1, 0.15) is 0 Å². The van der Waals surface area contributed by atoms with Crippen molar-refractivity contribution in [3.8, 4) is 0 Å². The van der Waals surface area contributed by atoms with E-state index < -0.39 is 0 Å². The fourth-order valence-corrected chi connectivity index (χ4v) is 3.76. The number of nitrogens with one attached hydrogen (secondary N) is 1. The Morgan fingerprint density at radius 2 is 1.60 bits per heavy atom. The van der Waals surface area contributed by atoms with E-state index in [0.717, 1.165) is 42.7 Å². The summed E-state index contributed by atoms with van der Waals surface area (Å²) in [6, 6.07) is 18.2. The molecule has 0 unspecified atom stereocenters. The molecule has 1 saturated heterocycles. The van der Waals surface area contributed by atoms with E-state index in [4.69, 9.17) is 12.2 Å². The molecule has 1 amide bonds. The van der Waals surface area contributed by atoms with E-state index in [-0.39, 0.29) is 11.3 Å². The molecular formula is C24H32N4OS. The van der Waals surface area contributed by atoms with Crippen LogP contribution in [0.25, 0.3) is 0 Å². The molecule has 1 aliphatic rings. The van der Waals surface area contributed by atoms with Crippen LogP contribution >= 0.6 is 12.2 Å². The van der Waals surface area contributed by atoms with Gasteiger partial charge in [0.15, 0.2) is 5.11 Å². The number of hydrogen-bond donors (Lipinski definition) is 1. The predicted octanol–water partition coefficient (Wildman–Crippen LogP) is 3.96. The van der Waals surface area contributed by atoms with Crippen LogP contribution in [0.4, 0.5) is 11.4 Å². The van der Waals surface area contributed by atoms with Crippen molar-refractivity contribution < 1.29 is 4.79 Å². The number of amides is 1. The maximum Gasteiger partial charge on any atom is 0.240 e. The SMILES string of the molecule is CN(C(=O)CN1CCN(C(=S)Nc2ccc(C(C)(C)C)cc2)CC1)c1ccccc1. The highest BCUT2D eigenvalue weighted by Gasteiger charge is 2.22. The molecule has 160 valence electrons. The maximum absolute atomic E-state index is 12.6. The van der Waals surface area contributed by atoms with Crippen LogP contribution in [-0.2, 0) is 10.2 Å². The molecule has 30 heavy (non-hydrogen) atoms. The summed E-state index contributed by atoms with van der Waals surface area (Å²) in [5.41, 5.74) is 3.37. The number of thiocarbonyl (C=S) groups is 1. The molecule has 2 aromatic carbocycles. The molecule has 0 aliphatic carbocycles. The Bertz CT molecular complexity index is 853. The monoisotopic (exact) mass is 424 g/mol. The predicted molar refractivity (Wildman–Crippen MR) is 129 cm³/mol. The Hall–Kier alpha value is -2.44. The number of hydrogen-bond acceptors (Lipinski definition) is 3. The van der Waals surface area contributed by atoms with E-state index in [0.29, 0.717) is 6.54 Å². The summed E-state index contributed by atoms with van der Waals surface area (Å²) in [6.45, 7) is 10.3. The number of likely N-dealkylation sites (N-methyl/N-ethyl adjacent to an activating group) is 1. The average molecular weight is 425 g/mol. The molecule has 2 aromatic rings.